The van der Waals surface area contributed by atoms with E-state index in [1.54, 1.807) is 24.3 Å². The molecule has 0 heterocycles. The molecule has 0 aliphatic rings. The van der Waals surface area contributed by atoms with E-state index in [0.717, 1.165) is 16.7 Å². The summed E-state index contributed by atoms with van der Waals surface area (Å²) in [4.78, 5) is 10.7. The second-order valence-electron chi connectivity index (χ2n) is 4.43. The highest BCUT2D eigenvalue weighted by Gasteiger charge is 2.13. The predicted molar refractivity (Wildman–Crippen MR) is 81.1 cm³/mol. The number of aliphatic carboxylic acids is 1. The summed E-state index contributed by atoms with van der Waals surface area (Å²) in [5, 5.41) is 9.88. The highest BCUT2D eigenvalue weighted by molar-refractivity contribution is 6.39. The fraction of sp³-hybridized carbons (Fsp3) is 0.133. The van der Waals surface area contributed by atoms with E-state index in [4.69, 9.17) is 34.0 Å². The maximum absolute atomic E-state index is 10.7. The Morgan fingerprint density at radius 3 is 2.35 bits per heavy atom. The van der Waals surface area contributed by atoms with Crippen molar-refractivity contribution in [3.8, 4) is 11.1 Å². The van der Waals surface area contributed by atoms with Crippen LogP contribution in [0.25, 0.3) is 11.1 Å². The lowest BCUT2D eigenvalue weighted by Gasteiger charge is -2.13. The molecular formula is C15H13Cl2NO2. The van der Waals surface area contributed by atoms with Gasteiger partial charge < -0.3 is 10.8 Å². The van der Waals surface area contributed by atoms with Gasteiger partial charge in [-0.3, -0.25) is 4.79 Å². The Kier molecular flexibility index (Phi) is 4.65. The number of hydrogen-bond donors (Lipinski definition) is 2. The number of rotatable bonds is 4. The summed E-state index contributed by atoms with van der Waals surface area (Å²) in [6.45, 7) is 0. The van der Waals surface area contributed by atoms with Gasteiger partial charge in [0.15, 0.2) is 0 Å². The summed E-state index contributed by atoms with van der Waals surface area (Å²) in [6.07, 6.45) is -0.125. The Labute approximate surface area is 126 Å². The Morgan fingerprint density at radius 1 is 1.15 bits per heavy atom. The van der Waals surface area contributed by atoms with Gasteiger partial charge in [0.2, 0.25) is 0 Å². The molecule has 104 valence electrons. The van der Waals surface area contributed by atoms with E-state index in [1.165, 1.54) is 0 Å². The smallest absolute Gasteiger partial charge is 0.305 e. The monoisotopic (exact) mass is 309 g/mol. The van der Waals surface area contributed by atoms with Crippen LogP contribution in [-0.4, -0.2) is 11.1 Å². The fourth-order valence-corrected chi connectivity index (χ4v) is 2.62. The normalized spacial score (nSPS) is 12.2. The SMILES string of the molecule is NC(CC(=O)O)c1cccc(-c2c(Cl)cccc2Cl)c1. The molecule has 20 heavy (non-hydrogen) atoms. The molecule has 3 N–H and O–H groups in total. The topological polar surface area (TPSA) is 63.3 Å². The average molecular weight is 310 g/mol. The van der Waals surface area contributed by atoms with Gasteiger partial charge in [0.25, 0.3) is 0 Å². The van der Waals surface area contributed by atoms with E-state index < -0.39 is 12.0 Å². The van der Waals surface area contributed by atoms with Crippen LogP contribution in [0, 0.1) is 0 Å². The summed E-state index contributed by atoms with van der Waals surface area (Å²) < 4.78 is 0. The molecule has 0 fully saturated rings. The van der Waals surface area contributed by atoms with Gasteiger partial charge in [0, 0.05) is 21.7 Å². The zero-order chi connectivity index (χ0) is 14.7. The summed E-state index contributed by atoms with van der Waals surface area (Å²) in [6, 6.07) is 12.0. The molecule has 0 saturated carbocycles. The van der Waals surface area contributed by atoms with Gasteiger partial charge in [-0.1, -0.05) is 47.5 Å². The van der Waals surface area contributed by atoms with E-state index in [0.29, 0.717) is 10.0 Å². The number of benzene rings is 2. The second-order valence-corrected chi connectivity index (χ2v) is 5.24. The molecule has 5 heteroatoms. The van der Waals surface area contributed by atoms with Crippen molar-refractivity contribution in [1.82, 2.24) is 0 Å². The minimum atomic E-state index is -0.932. The lowest BCUT2D eigenvalue weighted by Crippen LogP contribution is -2.14. The third kappa shape index (κ3) is 3.31. The van der Waals surface area contributed by atoms with E-state index in [2.05, 4.69) is 0 Å². The Morgan fingerprint density at radius 2 is 1.75 bits per heavy atom. The van der Waals surface area contributed by atoms with Crippen LogP contribution >= 0.6 is 23.2 Å². The van der Waals surface area contributed by atoms with Gasteiger partial charge in [-0.05, 0) is 29.3 Å². The highest BCUT2D eigenvalue weighted by Crippen LogP contribution is 2.35. The van der Waals surface area contributed by atoms with Gasteiger partial charge in [-0.25, -0.2) is 0 Å². The quantitative estimate of drug-likeness (QED) is 0.892. The molecule has 0 amide bonds. The molecule has 3 nitrogen and oxygen atoms in total. The van der Waals surface area contributed by atoms with Crippen molar-refractivity contribution in [1.29, 1.82) is 0 Å². The molecule has 0 aromatic heterocycles. The summed E-state index contributed by atoms with van der Waals surface area (Å²) in [5.74, 6) is -0.932. The summed E-state index contributed by atoms with van der Waals surface area (Å²) in [5.41, 5.74) is 8.15. The number of halogens is 2. The van der Waals surface area contributed by atoms with Gasteiger partial charge in [-0.2, -0.15) is 0 Å². The maximum atomic E-state index is 10.7. The number of carbonyl (C=O) groups is 1. The van der Waals surface area contributed by atoms with Crippen LogP contribution in [-0.2, 0) is 4.79 Å². The van der Waals surface area contributed by atoms with Crippen LogP contribution in [0.4, 0.5) is 0 Å². The molecule has 2 rings (SSSR count). The predicted octanol–water partition coefficient (Wildman–Crippen LogP) is 4.13. The van der Waals surface area contributed by atoms with Crippen LogP contribution in [0.15, 0.2) is 42.5 Å². The molecule has 0 aliphatic carbocycles. The van der Waals surface area contributed by atoms with Crippen molar-refractivity contribution in [3.63, 3.8) is 0 Å². The second kappa shape index (κ2) is 6.27. The van der Waals surface area contributed by atoms with Crippen molar-refractivity contribution < 1.29 is 9.90 Å². The molecule has 0 bridgehead atoms. The van der Waals surface area contributed by atoms with Crippen molar-refractivity contribution in [2.45, 2.75) is 12.5 Å². The standard InChI is InChI=1S/C15H13Cl2NO2/c16-11-5-2-6-12(17)15(11)10-4-1-3-9(7-10)13(18)8-14(19)20/h1-7,13H,8,18H2,(H,19,20). The van der Waals surface area contributed by atoms with Gasteiger partial charge in [0.1, 0.15) is 0 Å². The minimum Gasteiger partial charge on any atom is -0.481 e. The van der Waals surface area contributed by atoms with Gasteiger partial charge >= 0.3 is 5.97 Å². The largest absolute Gasteiger partial charge is 0.481 e. The average Bonchev–Trinajstić information content (AvgIpc) is 2.38. The Balaban J connectivity index is 2.42. The third-order valence-corrected chi connectivity index (χ3v) is 3.59. The van der Waals surface area contributed by atoms with Crippen LogP contribution < -0.4 is 5.73 Å². The molecule has 0 aliphatic heterocycles. The van der Waals surface area contributed by atoms with Crippen LogP contribution in [0.3, 0.4) is 0 Å². The zero-order valence-corrected chi connectivity index (χ0v) is 12.0. The van der Waals surface area contributed by atoms with E-state index in [1.807, 2.05) is 18.2 Å². The lowest BCUT2D eigenvalue weighted by atomic mass is 9.98. The first-order valence-corrected chi connectivity index (χ1v) is 6.76. The lowest BCUT2D eigenvalue weighted by molar-refractivity contribution is -0.137. The first-order valence-electron chi connectivity index (χ1n) is 6.00. The Bertz CT molecular complexity index is 623. The van der Waals surface area contributed by atoms with Gasteiger partial charge in [-0.15, -0.1) is 0 Å². The number of hydrogen-bond acceptors (Lipinski definition) is 2. The molecular weight excluding hydrogens is 297 g/mol. The van der Waals surface area contributed by atoms with E-state index in [9.17, 15) is 4.79 Å². The van der Waals surface area contributed by atoms with E-state index in [-0.39, 0.29) is 6.42 Å². The fourth-order valence-electron chi connectivity index (χ4n) is 2.00. The molecule has 0 saturated heterocycles. The first kappa shape index (κ1) is 14.9. The maximum Gasteiger partial charge on any atom is 0.305 e. The van der Waals surface area contributed by atoms with Gasteiger partial charge in [0.05, 0.1) is 6.42 Å². The van der Waals surface area contributed by atoms with Crippen LogP contribution in [0.2, 0.25) is 10.0 Å². The molecule has 0 radical (unpaired) electrons. The zero-order valence-electron chi connectivity index (χ0n) is 10.5. The molecule has 2 aromatic rings. The van der Waals surface area contributed by atoms with Crippen molar-refractivity contribution in [2.24, 2.45) is 5.73 Å². The van der Waals surface area contributed by atoms with Crippen LogP contribution in [0.1, 0.15) is 18.0 Å². The number of carboxylic acids is 1. The number of nitrogens with two attached hydrogens (primary N) is 1. The van der Waals surface area contributed by atoms with Crippen molar-refractivity contribution in [2.75, 3.05) is 0 Å². The molecule has 1 unspecified atom stereocenters. The van der Waals surface area contributed by atoms with Crippen molar-refractivity contribution >= 4 is 29.2 Å². The van der Waals surface area contributed by atoms with E-state index >= 15 is 0 Å². The third-order valence-electron chi connectivity index (χ3n) is 2.96. The minimum absolute atomic E-state index is 0.125. The molecule has 2 aromatic carbocycles. The summed E-state index contributed by atoms with van der Waals surface area (Å²) >= 11 is 12.3. The molecule has 0 spiro atoms. The van der Waals surface area contributed by atoms with Crippen LogP contribution in [0.5, 0.6) is 0 Å². The highest BCUT2D eigenvalue weighted by atomic mass is 35.5. The summed E-state index contributed by atoms with van der Waals surface area (Å²) in [7, 11) is 0. The molecule has 1 atom stereocenters. The first-order chi connectivity index (χ1) is 9.49. The Hall–Kier alpha value is -1.55. The van der Waals surface area contributed by atoms with Crippen molar-refractivity contribution in [3.05, 3.63) is 58.1 Å². The number of carboxylic acid groups (broad SMARTS) is 1.